The fourth-order valence-electron chi connectivity index (χ4n) is 7.63. The molecule has 0 aliphatic heterocycles. The SMILES string of the molecule is c1ccc(-c2c3c(c(-c4ccccc4)c4ccccc24)-c2ccc(-c4ccc(-c5ncnc(-c6cnccn6)n5)cc4)c4cccc-3c24)cc1. The average Bonchev–Trinajstić information content (AvgIpc) is 3.53. The largest absolute Gasteiger partial charge is 0.261 e. The minimum Gasteiger partial charge on any atom is -0.261 e. The van der Waals surface area contributed by atoms with E-state index in [2.05, 4.69) is 164 Å². The van der Waals surface area contributed by atoms with Crippen molar-refractivity contribution in [2.45, 2.75) is 0 Å². The summed E-state index contributed by atoms with van der Waals surface area (Å²) in [4.78, 5) is 22.0. The van der Waals surface area contributed by atoms with Crippen molar-refractivity contribution in [3.05, 3.63) is 164 Å². The first kappa shape index (κ1) is 28.2. The topological polar surface area (TPSA) is 64.5 Å². The summed E-state index contributed by atoms with van der Waals surface area (Å²) in [5.41, 5.74) is 14.0. The summed E-state index contributed by atoms with van der Waals surface area (Å²) in [5, 5.41) is 5.05. The van der Waals surface area contributed by atoms with Crippen molar-refractivity contribution in [1.29, 1.82) is 0 Å². The molecule has 0 bridgehead atoms. The monoisotopic (exact) mass is 637 g/mol. The summed E-state index contributed by atoms with van der Waals surface area (Å²) in [5.74, 6) is 1.09. The highest BCUT2D eigenvalue weighted by Crippen LogP contribution is 2.58. The molecule has 232 valence electrons. The number of rotatable bonds is 5. The molecule has 2 aromatic heterocycles. The lowest BCUT2D eigenvalue weighted by molar-refractivity contribution is 1.04. The van der Waals surface area contributed by atoms with E-state index in [1.54, 1.807) is 18.6 Å². The third-order valence-corrected chi connectivity index (χ3v) is 9.74. The Morgan fingerprint density at radius 1 is 0.360 bits per heavy atom. The Bertz CT molecular complexity index is 2630. The summed E-state index contributed by atoms with van der Waals surface area (Å²) >= 11 is 0. The third-order valence-electron chi connectivity index (χ3n) is 9.74. The molecule has 5 nitrogen and oxygen atoms in total. The maximum atomic E-state index is 4.68. The van der Waals surface area contributed by atoms with Gasteiger partial charge >= 0.3 is 0 Å². The molecule has 0 fully saturated rings. The predicted molar refractivity (Wildman–Crippen MR) is 202 cm³/mol. The summed E-state index contributed by atoms with van der Waals surface area (Å²) in [6.07, 6.45) is 6.45. The molecule has 0 atom stereocenters. The molecule has 0 radical (unpaired) electrons. The van der Waals surface area contributed by atoms with E-state index in [-0.39, 0.29) is 0 Å². The maximum Gasteiger partial charge on any atom is 0.183 e. The van der Waals surface area contributed by atoms with Gasteiger partial charge in [0.15, 0.2) is 11.6 Å². The number of benzene rings is 7. The summed E-state index contributed by atoms with van der Waals surface area (Å²) in [7, 11) is 0. The molecule has 9 aromatic rings. The van der Waals surface area contributed by atoms with Gasteiger partial charge in [-0.25, -0.2) is 19.9 Å². The van der Waals surface area contributed by atoms with Gasteiger partial charge in [-0.15, -0.1) is 0 Å². The van der Waals surface area contributed by atoms with Crippen LogP contribution in [0.4, 0.5) is 0 Å². The smallest absolute Gasteiger partial charge is 0.183 e. The second kappa shape index (κ2) is 11.4. The van der Waals surface area contributed by atoms with Crippen LogP contribution in [-0.2, 0) is 0 Å². The van der Waals surface area contributed by atoms with Crippen LogP contribution in [0.25, 0.3) is 100 Å². The molecule has 0 amide bonds. The normalized spacial score (nSPS) is 11.6. The highest BCUT2D eigenvalue weighted by molar-refractivity contribution is 6.28. The second-order valence-electron chi connectivity index (χ2n) is 12.5. The minimum absolute atomic E-state index is 0.497. The first-order valence-electron chi connectivity index (χ1n) is 16.7. The van der Waals surface area contributed by atoms with Gasteiger partial charge in [-0.05, 0) is 77.2 Å². The summed E-state index contributed by atoms with van der Waals surface area (Å²) in [6, 6.07) is 50.4. The Hall–Kier alpha value is -6.85. The number of hydrogen-bond donors (Lipinski definition) is 0. The average molecular weight is 638 g/mol. The van der Waals surface area contributed by atoms with Crippen molar-refractivity contribution in [1.82, 2.24) is 24.9 Å². The quantitative estimate of drug-likeness (QED) is 0.188. The van der Waals surface area contributed by atoms with Crippen LogP contribution >= 0.6 is 0 Å². The van der Waals surface area contributed by atoms with Gasteiger partial charge in [-0.3, -0.25) is 4.98 Å². The molecule has 0 spiro atoms. The molecule has 5 heteroatoms. The van der Waals surface area contributed by atoms with Crippen LogP contribution in [-0.4, -0.2) is 24.9 Å². The Morgan fingerprint density at radius 2 is 0.940 bits per heavy atom. The van der Waals surface area contributed by atoms with Crippen molar-refractivity contribution in [3.8, 4) is 78.5 Å². The molecule has 10 rings (SSSR count). The number of fused-ring (bicyclic) bond motifs is 4. The molecule has 7 aromatic carbocycles. The van der Waals surface area contributed by atoms with E-state index >= 15 is 0 Å². The second-order valence-corrected chi connectivity index (χ2v) is 12.5. The minimum atomic E-state index is 0.497. The van der Waals surface area contributed by atoms with Crippen LogP contribution in [0.3, 0.4) is 0 Å². The molecule has 50 heavy (non-hydrogen) atoms. The number of nitrogens with zero attached hydrogens (tertiary/aromatic N) is 5. The zero-order valence-corrected chi connectivity index (χ0v) is 26.8. The highest BCUT2D eigenvalue weighted by atomic mass is 15.0. The van der Waals surface area contributed by atoms with E-state index in [0.29, 0.717) is 17.3 Å². The number of aromatic nitrogens is 5. The highest BCUT2D eigenvalue weighted by Gasteiger charge is 2.31. The zero-order valence-electron chi connectivity index (χ0n) is 26.8. The molecule has 0 unspecified atom stereocenters. The van der Waals surface area contributed by atoms with Gasteiger partial charge in [0.1, 0.15) is 12.0 Å². The maximum absolute atomic E-state index is 4.68. The summed E-state index contributed by atoms with van der Waals surface area (Å²) in [6.45, 7) is 0. The van der Waals surface area contributed by atoms with Gasteiger partial charge in [0.05, 0.1) is 6.20 Å². The summed E-state index contributed by atoms with van der Waals surface area (Å²) < 4.78 is 0. The van der Waals surface area contributed by atoms with E-state index in [9.17, 15) is 0 Å². The molecule has 2 heterocycles. The Kier molecular flexibility index (Phi) is 6.42. The van der Waals surface area contributed by atoms with Gasteiger partial charge in [-0.1, -0.05) is 140 Å². The lowest BCUT2D eigenvalue weighted by Crippen LogP contribution is -1.97. The standard InChI is InChI=1S/C45H27N5/c1-3-10-29(11-4-1)39-34-14-7-8-15-35(34)40(30-12-5-2-6-13-30)43-37-23-22-32(33-16-9-17-36(41(33)37)42(39)43)28-18-20-31(21-19-28)44-48-27-49-45(50-44)38-26-46-24-25-47-38/h1-27H. The molecule has 0 saturated heterocycles. The predicted octanol–water partition coefficient (Wildman–Crippen LogP) is 11.0. The van der Waals surface area contributed by atoms with Crippen LogP contribution in [0.1, 0.15) is 0 Å². The molecular formula is C45H27N5. The van der Waals surface area contributed by atoms with Crippen molar-refractivity contribution in [2.24, 2.45) is 0 Å². The Balaban J connectivity index is 1.17. The van der Waals surface area contributed by atoms with Crippen LogP contribution in [0, 0.1) is 0 Å². The zero-order chi connectivity index (χ0) is 33.0. The first-order valence-corrected chi connectivity index (χ1v) is 16.7. The van der Waals surface area contributed by atoms with E-state index < -0.39 is 0 Å². The Labute approximate surface area is 288 Å². The van der Waals surface area contributed by atoms with E-state index in [4.69, 9.17) is 0 Å². The van der Waals surface area contributed by atoms with E-state index in [0.717, 1.165) is 11.1 Å². The van der Waals surface area contributed by atoms with Crippen LogP contribution < -0.4 is 0 Å². The third kappa shape index (κ3) is 4.37. The van der Waals surface area contributed by atoms with Crippen LogP contribution in [0.5, 0.6) is 0 Å². The van der Waals surface area contributed by atoms with Gasteiger partial charge in [0.2, 0.25) is 0 Å². The van der Waals surface area contributed by atoms with Gasteiger partial charge < -0.3 is 0 Å². The van der Waals surface area contributed by atoms with Crippen molar-refractivity contribution < 1.29 is 0 Å². The Morgan fingerprint density at radius 3 is 1.60 bits per heavy atom. The lowest BCUT2D eigenvalue weighted by atomic mass is 9.82. The van der Waals surface area contributed by atoms with E-state index in [1.807, 2.05) is 0 Å². The van der Waals surface area contributed by atoms with Crippen LogP contribution in [0.2, 0.25) is 0 Å². The number of hydrogen-bond acceptors (Lipinski definition) is 5. The fraction of sp³-hybridized carbons (Fsp3) is 0. The van der Waals surface area contributed by atoms with E-state index in [1.165, 1.54) is 77.9 Å². The lowest BCUT2D eigenvalue weighted by Gasteiger charge is -2.20. The fourth-order valence-corrected chi connectivity index (χ4v) is 7.63. The molecule has 1 aliphatic rings. The van der Waals surface area contributed by atoms with Gasteiger partial charge in [0.25, 0.3) is 0 Å². The van der Waals surface area contributed by atoms with Crippen molar-refractivity contribution in [2.75, 3.05) is 0 Å². The van der Waals surface area contributed by atoms with Gasteiger partial charge in [0, 0.05) is 18.0 Å². The molecule has 0 N–H and O–H groups in total. The molecular weight excluding hydrogens is 611 g/mol. The molecule has 0 saturated carbocycles. The van der Waals surface area contributed by atoms with Crippen molar-refractivity contribution in [3.63, 3.8) is 0 Å². The van der Waals surface area contributed by atoms with Gasteiger partial charge in [-0.2, -0.15) is 0 Å². The molecule has 1 aliphatic carbocycles. The first-order chi connectivity index (χ1) is 24.8. The van der Waals surface area contributed by atoms with Crippen molar-refractivity contribution >= 4 is 21.5 Å². The van der Waals surface area contributed by atoms with Crippen LogP contribution in [0.15, 0.2) is 164 Å².